The Kier molecular flexibility index (Phi) is 5.60. The van der Waals surface area contributed by atoms with Crippen LogP contribution in [-0.2, 0) is 14.2 Å². The van der Waals surface area contributed by atoms with E-state index in [1.807, 2.05) is 6.92 Å². The van der Waals surface area contributed by atoms with Gasteiger partial charge in [-0.3, -0.25) is 0 Å². The Bertz CT molecular complexity index is 198. The van der Waals surface area contributed by atoms with Crippen LogP contribution in [0.2, 0.25) is 0 Å². The van der Waals surface area contributed by atoms with Crippen LogP contribution in [-0.4, -0.2) is 66.3 Å². The van der Waals surface area contributed by atoms with Gasteiger partial charge < -0.3 is 29.5 Å². The Labute approximate surface area is 94.7 Å². The summed E-state index contributed by atoms with van der Waals surface area (Å²) in [6.45, 7) is 2.69. The van der Waals surface area contributed by atoms with Crippen LogP contribution in [0.15, 0.2) is 0 Å². The van der Waals surface area contributed by atoms with Crippen LogP contribution in [0.3, 0.4) is 0 Å². The van der Waals surface area contributed by atoms with Gasteiger partial charge in [-0.25, -0.2) is 0 Å². The van der Waals surface area contributed by atoms with Crippen molar-refractivity contribution in [1.29, 1.82) is 0 Å². The van der Waals surface area contributed by atoms with Gasteiger partial charge in [0.2, 0.25) is 0 Å². The zero-order valence-corrected chi connectivity index (χ0v) is 9.57. The zero-order chi connectivity index (χ0) is 12.1. The molecule has 1 rings (SSSR count). The third-order valence-electron chi connectivity index (χ3n) is 2.53. The lowest BCUT2D eigenvalue weighted by Crippen LogP contribution is -2.59. The van der Waals surface area contributed by atoms with E-state index in [0.29, 0.717) is 6.61 Å². The Morgan fingerprint density at radius 1 is 1.12 bits per heavy atom. The topological polar surface area (TPSA) is 88.4 Å². The lowest BCUT2D eigenvalue weighted by molar-refractivity contribution is -0.296. The number of aliphatic hydroxyl groups is 3. The second-order valence-corrected chi connectivity index (χ2v) is 3.83. The number of hydrogen-bond acceptors (Lipinski definition) is 6. The van der Waals surface area contributed by atoms with E-state index in [4.69, 9.17) is 14.2 Å². The van der Waals surface area contributed by atoms with E-state index in [0.717, 1.165) is 6.42 Å². The lowest BCUT2D eigenvalue weighted by atomic mass is 9.99. The summed E-state index contributed by atoms with van der Waals surface area (Å²) in [6, 6.07) is 0. The molecule has 0 aliphatic carbocycles. The number of methoxy groups -OCH3 is 1. The molecule has 1 aliphatic rings. The van der Waals surface area contributed by atoms with Gasteiger partial charge in [-0.05, 0) is 6.42 Å². The summed E-state index contributed by atoms with van der Waals surface area (Å²) in [5.41, 5.74) is 0. The highest BCUT2D eigenvalue weighted by molar-refractivity contribution is 4.88. The standard InChI is InChI=1S/C10H20O6/c1-3-4-15-5-6-7(11)8(12)9(13)10(14-2)16-6/h6-13H,3-5H2,1-2H3/t6?,7-,8-,9?,10-/m0/s1. The normalized spacial score (nSPS) is 39.9. The number of ether oxygens (including phenoxy) is 3. The van der Waals surface area contributed by atoms with Gasteiger partial charge in [0.25, 0.3) is 0 Å². The van der Waals surface area contributed by atoms with E-state index < -0.39 is 30.7 Å². The molecule has 1 heterocycles. The Balaban J connectivity index is 2.50. The summed E-state index contributed by atoms with van der Waals surface area (Å²) >= 11 is 0. The predicted octanol–water partition coefficient (Wildman–Crippen LogP) is -1.13. The van der Waals surface area contributed by atoms with Gasteiger partial charge in [-0.2, -0.15) is 0 Å². The third-order valence-corrected chi connectivity index (χ3v) is 2.53. The van der Waals surface area contributed by atoms with Crippen LogP contribution >= 0.6 is 0 Å². The molecule has 0 bridgehead atoms. The molecular weight excluding hydrogens is 216 g/mol. The molecule has 0 spiro atoms. The van der Waals surface area contributed by atoms with E-state index in [1.54, 1.807) is 0 Å². The highest BCUT2D eigenvalue weighted by atomic mass is 16.7. The predicted molar refractivity (Wildman–Crippen MR) is 54.8 cm³/mol. The molecule has 0 aromatic rings. The van der Waals surface area contributed by atoms with Crippen LogP contribution in [0.5, 0.6) is 0 Å². The summed E-state index contributed by atoms with van der Waals surface area (Å²) in [5.74, 6) is 0. The quantitative estimate of drug-likeness (QED) is 0.523. The first kappa shape index (κ1) is 13.8. The van der Waals surface area contributed by atoms with Gasteiger partial charge >= 0.3 is 0 Å². The summed E-state index contributed by atoms with van der Waals surface area (Å²) < 4.78 is 15.4. The van der Waals surface area contributed by atoms with Crippen molar-refractivity contribution in [1.82, 2.24) is 0 Å². The Hall–Kier alpha value is -0.240. The maximum absolute atomic E-state index is 9.65. The van der Waals surface area contributed by atoms with Crippen molar-refractivity contribution < 1.29 is 29.5 Å². The van der Waals surface area contributed by atoms with Crippen LogP contribution in [0.4, 0.5) is 0 Å². The first-order valence-electron chi connectivity index (χ1n) is 5.42. The van der Waals surface area contributed by atoms with Gasteiger partial charge in [0.1, 0.15) is 24.4 Å². The smallest absolute Gasteiger partial charge is 0.186 e. The maximum Gasteiger partial charge on any atom is 0.186 e. The molecule has 0 aromatic carbocycles. The molecule has 16 heavy (non-hydrogen) atoms. The summed E-state index contributed by atoms with van der Waals surface area (Å²) in [5, 5.41) is 28.7. The fraction of sp³-hybridized carbons (Fsp3) is 1.00. The molecule has 1 fully saturated rings. The van der Waals surface area contributed by atoms with Crippen LogP contribution in [0.1, 0.15) is 13.3 Å². The molecule has 1 aliphatic heterocycles. The molecule has 0 amide bonds. The molecule has 0 saturated carbocycles. The van der Waals surface area contributed by atoms with Gasteiger partial charge in [0.05, 0.1) is 6.61 Å². The minimum Gasteiger partial charge on any atom is -0.387 e. The summed E-state index contributed by atoms with van der Waals surface area (Å²) in [6.07, 6.45) is -4.46. The van der Waals surface area contributed by atoms with E-state index in [-0.39, 0.29) is 6.61 Å². The molecule has 96 valence electrons. The fourth-order valence-electron chi connectivity index (χ4n) is 1.59. The van der Waals surface area contributed by atoms with E-state index in [2.05, 4.69) is 0 Å². The average Bonchev–Trinajstić information content (AvgIpc) is 2.29. The molecule has 3 N–H and O–H groups in total. The molecule has 6 heteroatoms. The molecule has 0 radical (unpaired) electrons. The van der Waals surface area contributed by atoms with Crippen LogP contribution < -0.4 is 0 Å². The number of hydrogen-bond donors (Lipinski definition) is 3. The lowest BCUT2D eigenvalue weighted by Gasteiger charge is -2.39. The van der Waals surface area contributed by atoms with Gasteiger partial charge in [0, 0.05) is 13.7 Å². The average molecular weight is 236 g/mol. The first-order valence-corrected chi connectivity index (χ1v) is 5.42. The van der Waals surface area contributed by atoms with Crippen molar-refractivity contribution in [2.75, 3.05) is 20.3 Å². The van der Waals surface area contributed by atoms with Gasteiger partial charge in [0.15, 0.2) is 6.29 Å². The first-order chi connectivity index (χ1) is 7.61. The van der Waals surface area contributed by atoms with Crippen LogP contribution in [0, 0.1) is 0 Å². The van der Waals surface area contributed by atoms with Crippen molar-refractivity contribution in [3.63, 3.8) is 0 Å². The Morgan fingerprint density at radius 2 is 1.81 bits per heavy atom. The molecule has 1 saturated heterocycles. The highest BCUT2D eigenvalue weighted by Gasteiger charge is 2.43. The summed E-state index contributed by atoms with van der Waals surface area (Å²) in [7, 11) is 1.36. The monoisotopic (exact) mass is 236 g/mol. The second-order valence-electron chi connectivity index (χ2n) is 3.83. The maximum atomic E-state index is 9.65. The van der Waals surface area contributed by atoms with Crippen molar-refractivity contribution in [2.45, 2.75) is 44.1 Å². The molecule has 2 unspecified atom stereocenters. The van der Waals surface area contributed by atoms with Crippen LogP contribution in [0.25, 0.3) is 0 Å². The Morgan fingerprint density at radius 3 is 2.38 bits per heavy atom. The second kappa shape index (κ2) is 6.48. The van der Waals surface area contributed by atoms with Crippen molar-refractivity contribution in [3.8, 4) is 0 Å². The van der Waals surface area contributed by atoms with Crippen molar-refractivity contribution in [2.24, 2.45) is 0 Å². The summed E-state index contributed by atoms with van der Waals surface area (Å²) in [4.78, 5) is 0. The van der Waals surface area contributed by atoms with Gasteiger partial charge in [-0.15, -0.1) is 0 Å². The third kappa shape index (κ3) is 3.13. The van der Waals surface area contributed by atoms with Gasteiger partial charge in [-0.1, -0.05) is 6.92 Å². The van der Waals surface area contributed by atoms with E-state index >= 15 is 0 Å². The van der Waals surface area contributed by atoms with E-state index in [9.17, 15) is 15.3 Å². The minimum absolute atomic E-state index is 0.165. The molecule has 5 atom stereocenters. The minimum atomic E-state index is -1.28. The van der Waals surface area contributed by atoms with Crippen molar-refractivity contribution in [3.05, 3.63) is 0 Å². The zero-order valence-electron chi connectivity index (χ0n) is 9.57. The highest BCUT2D eigenvalue weighted by Crippen LogP contribution is 2.21. The number of rotatable bonds is 5. The molecule has 6 nitrogen and oxygen atoms in total. The van der Waals surface area contributed by atoms with E-state index in [1.165, 1.54) is 7.11 Å². The molecular formula is C10H20O6. The fourth-order valence-corrected chi connectivity index (χ4v) is 1.59. The number of aliphatic hydroxyl groups excluding tert-OH is 3. The molecule has 0 aromatic heterocycles. The largest absolute Gasteiger partial charge is 0.387 e. The SMILES string of the molecule is CCCOCC1O[C@H](OC)C(O)[C@@H](O)[C@H]1O. The van der Waals surface area contributed by atoms with Crippen molar-refractivity contribution >= 4 is 0 Å².